The molecular weight excluding hydrogens is 316 g/mol. The normalized spacial score (nSPS) is 10.8. The highest BCUT2D eigenvalue weighted by Gasteiger charge is 2.09. The summed E-state index contributed by atoms with van der Waals surface area (Å²) in [4.78, 5) is 10.8. The van der Waals surface area contributed by atoms with Gasteiger partial charge in [0.05, 0.1) is 6.61 Å². The van der Waals surface area contributed by atoms with E-state index in [1.165, 1.54) is 76.3 Å². The summed E-state index contributed by atoms with van der Waals surface area (Å²) >= 11 is 0. The lowest BCUT2D eigenvalue weighted by Crippen LogP contribution is -2.00. The minimum absolute atomic E-state index is 0.0993. The van der Waals surface area contributed by atoms with Crippen LogP contribution >= 0.6 is 0 Å². The fraction of sp³-hybridized carbons (Fsp3) is 0.667. The number of carboxylic acids is 1. The van der Waals surface area contributed by atoms with Gasteiger partial charge in [0.1, 0.15) is 17.1 Å². The van der Waals surface area contributed by atoms with Crippen LogP contribution in [0.1, 0.15) is 94.3 Å². The number of hydrogen-bond donors (Lipinski definition) is 2. The van der Waals surface area contributed by atoms with Crippen LogP contribution in [0.25, 0.3) is 0 Å². The lowest BCUT2D eigenvalue weighted by molar-refractivity contribution is 0.0693. The number of benzene rings is 1. The predicted octanol–water partition coefficient (Wildman–Crippen LogP) is 6.17. The Labute approximate surface area is 152 Å². The van der Waals surface area contributed by atoms with Gasteiger partial charge >= 0.3 is 5.97 Å². The van der Waals surface area contributed by atoms with Gasteiger partial charge in [0.2, 0.25) is 0 Å². The fourth-order valence-corrected chi connectivity index (χ4v) is 2.92. The molecule has 0 aliphatic rings. The Hall–Kier alpha value is -1.71. The molecule has 0 bridgehead atoms. The SMILES string of the molecule is CCCCCCCCCCCCCCOc1ccc(C(=O)O)c(O)c1. The van der Waals surface area contributed by atoms with E-state index in [0.717, 1.165) is 12.8 Å². The van der Waals surface area contributed by atoms with Crippen LogP contribution in [0.5, 0.6) is 11.5 Å². The number of carboxylic acid groups (broad SMARTS) is 1. The highest BCUT2D eigenvalue weighted by atomic mass is 16.5. The second-order valence-corrected chi connectivity index (χ2v) is 6.72. The predicted molar refractivity (Wildman–Crippen MR) is 102 cm³/mol. The minimum atomic E-state index is -1.13. The van der Waals surface area contributed by atoms with Gasteiger partial charge in [-0.2, -0.15) is 0 Å². The van der Waals surface area contributed by atoms with Gasteiger partial charge in [-0.15, -0.1) is 0 Å². The molecule has 0 radical (unpaired) electrons. The monoisotopic (exact) mass is 350 g/mol. The summed E-state index contributed by atoms with van der Waals surface area (Å²) in [6.45, 7) is 2.85. The van der Waals surface area contributed by atoms with Crippen LogP contribution in [0.2, 0.25) is 0 Å². The molecule has 0 spiro atoms. The van der Waals surface area contributed by atoms with Crippen molar-refractivity contribution in [3.63, 3.8) is 0 Å². The maximum absolute atomic E-state index is 10.8. The van der Waals surface area contributed by atoms with Crippen molar-refractivity contribution in [1.29, 1.82) is 0 Å². The molecule has 0 saturated heterocycles. The number of rotatable bonds is 15. The van der Waals surface area contributed by atoms with Gasteiger partial charge in [0, 0.05) is 6.07 Å². The lowest BCUT2D eigenvalue weighted by atomic mass is 10.1. The zero-order valence-electron chi connectivity index (χ0n) is 15.6. The fourth-order valence-electron chi connectivity index (χ4n) is 2.92. The van der Waals surface area contributed by atoms with Crippen molar-refractivity contribution in [3.05, 3.63) is 23.8 Å². The Kier molecular flexibility index (Phi) is 11.6. The van der Waals surface area contributed by atoms with Gasteiger partial charge < -0.3 is 14.9 Å². The number of hydrogen-bond acceptors (Lipinski definition) is 3. The van der Waals surface area contributed by atoms with Crippen LogP contribution in [0.15, 0.2) is 18.2 Å². The third-order valence-electron chi connectivity index (χ3n) is 4.47. The molecule has 1 aromatic rings. The molecule has 1 rings (SSSR count). The quantitative estimate of drug-likeness (QED) is 0.371. The minimum Gasteiger partial charge on any atom is -0.507 e. The molecule has 1 aromatic carbocycles. The number of carbonyl (C=O) groups is 1. The van der Waals surface area contributed by atoms with Crippen molar-refractivity contribution in [2.24, 2.45) is 0 Å². The first kappa shape index (κ1) is 21.3. The summed E-state index contributed by atoms with van der Waals surface area (Å²) in [5, 5.41) is 18.5. The number of aromatic hydroxyl groups is 1. The standard InChI is InChI=1S/C21H34O4/c1-2-3-4-5-6-7-8-9-10-11-12-13-16-25-18-14-15-19(21(23)24)20(22)17-18/h14-15,17,22H,2-13,16H2,1H3,(H,23,24). The Balaban J connectivity index is 1.95. The largest absolute Gasteiger partial charge is 0.507 e. The number of phenols is 1. The zero-order valence-corrected chi connectivity index (χ0v) is 15.6. The summed E-state index contributed by atoms with van der Waals surface area (Å²) in [5.41, 5.74) is -0.0993. The van der Waals surface area contributed by atoms with E-state index in [4.69, 9.17) is 9.84 Å². The van der Waals surface area contributed by atoms with Crippen molar-refractivity contribution in [2.75, 3.05) is 6.61 Å². The van der Waals surface area contributed by atoms with Crippen LogP contribution in [0, 0.1) is 0 Å². The molecule has 0 saturated carbocycles. The average molecular weight is 350 g/mol. The van der Waals surface area contributed by atoms with E-state index in [1.54, 1.807) is 6.07 Å². The Morgan fingerprint density at radius 1 is 0.880 bits per heavy atom. The van der Waals surface area contributed by atoms with Crippen LogP contribution in [-0.4, -0.2) is 22.8 Å². The van der Waals surface area contributed by atoms with Gasteiger partial charge in [-0.3, -0.25) is 0 Å². The van der Waals surface area contributed by atoms with E-state index in [9.17, 15) is 9.90 Å². The van der Waals surface area contributed by atoms with Crippen molar-refractivity contribution < 1.29 is 19.7 Å². The first-order chi connectivity index (χ1) is 12.1. The molecule has 25 heavy (non-hydrogen) atoms. The maximum Gasteiger partial charge on any atom is 0.339 e. The Bertz CT molecular complexity index is 485. The second-order valence-electron chi connectivity index (χ2n) is 6.72. The highest BCUT2D eigenvalue weighted by Crippen LogP contribution is 2.23. The number of unbranched alkanes of at least 4 members (excludes halogenated alkanes) is 11. The Morgan fingerprint density at radius 3 is 1.88 bits per heavy atom. The molecule has 2 N–H and O–H groups in total. The van der Waals surface area contributed by atoms with E-state index >= 15 is 0 Å². The van der Waals surface area contributed by atoms with Crippen molar-refractivity contribution in [1.82, 2.24) is 0 Å². The first-order valence-corrected chi connectivity index (χ1v) is 9.84. The summed E-state index contributed by atoms with van der Waals surface area (Å²) in [7, 11) is 0. The maximum atomic E-state index is 10.8. The Morgan fingerprint density at radius 2 is 1.40 bits per heavy atom. The van der Waals surface area contributed by atoms with E-state index < -0.39 is 5.97 Å². The van der Waals surface area contributed by atoms with Crippen molar-refractivity contribution in [2.45, 2.75) is 84.0 Å². The molecule has 0 aromatic heterocycles. The molecular formula is C21H34O4. The van der Waals surface area contributed by atoms with Gasteiger partial charge in [0.25, 0.3) is 0 Å². The third kappa shape index (κ3) is 10.0. The highest BCUT2D eigenvalue weighted by molar-refractivity contribution is 5.90. The van der Waals surface area contributed by atoms with Gasteiger partial charge in [-0.05, 0) is 18.6 Å². The molecule has 0 fully saturated rings. The average Bonchev–Trinajstić information content (AvgIpc) is 2.58. The number of aromatic carboxylic acids is 1. The van der Waals surface area contributed by atoms with E-state index in [0.29, 0.717) is 12.4 Å². The summed E-state index contributed by atoms with van der Waals surface area (Å²) in [5.74, 6) is -0.865. The summed E-state index contributed by atoms with van der Waals surface area (Å²) in [6.07, 6.45) is 15.6. The molecule has 0 aliphatic carbocycles. The van der Waals surface area contributed by atoms with Crippen molar-refractivity contribution >= 4 is 5.97 Å². The molecule has 0 amide bonds. The second kappa shape index (κ2) is 13.6. The number of ether oxygens (including phenoxy) is 1. The van der Waals surface area contributed by atoms with Crippen LogP contribution in [0.4, 0.5) is 0 Å². The van der Waals surface area contributed by atoms with Crippen LogP contribution in [-0.2, 0) is 0 Å². The molecule has 4 heteroatoms. The van der Waals surface area contributed by atoms with Gasteiger partial charge in [-0.1, -0.05) is 77.6 Å². The molecule has 0 aliphatic heterocycles. The summed E-state index contributed by atoms with van der Waals surface area (Å²) < 4.78 is 5.56. The smallest absolute Gasteiger partial charge is 0.339 e. The third-order valence-corrected chi connectivity index (χ3v) is 4.47. The summed E-state index contributed by atoms with van der Waals surface area (Å²) in [6, 6.07) is 4.32. The van der Waals surface area contributed by atoms with E-state index in [1.807, 2.05) is 0 Å². The lowest BCUT2D eigenvalue weighted by Gasteiger charge is -2.08. The zero-order chi connectivity index (χ0) is 18.3. The van der Waals surface area contributed by atoms with E-state index in [-0.39, 0.29) is 11.3 Å². The molecule has 142 valence electrons. The van der Waals surface area contributed by atoms with Crippen LogP contribution < -0.4 is 4.74 Å². The van der Waals surface area contributed by atoms with Gasteiger partial charge in [-0.25, -0.2) is 4.79 Å². The first-order valence-electron chi connectivity index (χ1n) is 9.84. The van der Waals surface area contributed by atoms with Gasteiger partial charge in [0.15, 0.2) is 0 Å². The molecule has 0 unspecified atom stereocenters. The molecule has 0 heterocycles. The molecule has 0 atom stereocenters. The van der Waals surface area contributed by atoms with Crippen molar-refractivity contribution in [3.8, 4) is 11.5 Å². The topological polar surface area (TPSA) is 66.8 Å². The van der Waals surface area contributed by atoms with E-state index in [2.05, 4.69) is 6.92 Å². The molecule has 4 nitrogen and oxygen atoms in total. The van der Waals surface area contributed by atoms with Crippen LogP contribution in [0.3, 0.4) is 0 Å².